The Kier molecular flexibility index (Phi) is 4.79. The van der Waals surface area contributed by atoms with Gasteiger partial charge in [-0.25, -0.2) is 4.39 Å². The van der Waals surface area contributed by atoms with Gasteiger partial charge in [-0.15, -0.1) is 0 Å². The average molecular weight is 386 g/mol. The number of hydrogen-bond acceptors (Lipinski definition) is 4. The van der Waals surface area contributed by atoms with Gasteiger partial charge in [0.15, 0.2) is 0 Å². The van der Waals surface area contributed by atoms with Crippen molar-refractivity contribution in [1.29, 1.82) is 0 Å². The van der Waals surface area contributed by atoms with Gasteiger partial charge >= 0.3 is 5.97 Å². The molecule has 6 nitrogen and oxygen atoms in total. The van der Waals surface area contributed by atoms with Crippen molar-refractivity contribution >= 4 is 22.8 Å². The summed E-state index contributed by atoms with van der Waals surface area (Å²) in [4.78, 5) is 31.4. The van der Waals surface area contributed by atoms with Gasteiger partial charge in [0.05, 0.1) is 17.7 Å². The number of piperidine rings is 1. The predicted molar refractivity (Wildman–Crippen MR) is 101 cm³/mol. The number of hydrogen-bond donors (Lipinski definition) is 1. The van der Waals surface area contributed by atoms with Crippen molar-refractivity contribution in [2.24, 2.45) is 5.41 Å². The number of carboxylic acids is 1. The molecule has 0 spiro atoms. The van der Waals surface area contributed by atoms with Crippen LogP contribution >= 0.6 is 0 Å². The maximum Gasteiger partial charge on any atom is 0.313 e. The number of pyridine rings is 1. The average Bonchev–Trinajstić information content (AvgIpc) is 3.52. The molecule has 7 heteroatoms. The third kappa shape index (κ3) is 3.35. The standard InChI is InChI=1S/C21H23FN2O4/c1-28-12-21(20(26)27)7-2-8-24(11-21)19(25)16-10-18(13-3-4-13)23-17-6-5-14(22)9-15(16)17/h5-6,9-10,13H,2-4,7-8,11-12H2,1H3,(H,26,27). The summed E-state index contributed by atoms with van der Waals surface area (Å²) in [6.45, 7) is 0.591. The van der Waals surface area contributed by atoms with Crippen molar-refractivity contribution in [1.82, 2.24) is 9.88 Å². The molecule has 1 aromatic carbocycles. The van der Waals surface area contributed by atoms with Crippen LogP contribution in [0.15, 0.2) is 24.3 Å². The number of carbonyl (C=O) groups excluding carboxylic acids is 1. The minimum Gasteiger partial charge on any atom is -0.481 e. The topological polar surface area (TPSA) is 79.7 Å². The predicted octanol–water partition coefficient (Wildman–Crippen LogP) is 3.20. The van der Waals surface area contributed by atoms with E-state index in [9.17, 15) is 19.1 Å². The molecule has 1 unspecified atom stereocenters. The number of carboxylic acid groups (broad SMARTS) is 1. The smallest absolute Gasteiger partial charge is 0.313 e. The lowest BCUT2D eigenvalue weighted by molar-refractivity contribution is -0.155. The SMILES string of the molecule is COCC1(C(=O)O)CCCN(C(=O)c2cc(C3CC3)nc3ccc(F)cc23)C1. The summed E-state index contributed by atoms with van der Waals surface area (Å²) in [7, 11) is 1.46. The highest BCUT2D eigenvalue weighted by Gasteiger charge is 2.44. The summed E-state index contributed by atoms with van der Waals surface area (Å²) in [6, 6.07) is 6.02. The van der Waals surface area contributed by atoms with Gasteiger partial charge < -0.3 is 14.7 Å². The van der Waals surface area contributed by atoms with Gasteiger partial charge in [0.25, 0.3) is 5.91 Å². The van der Waals surface area contributed by atoms with Crippen LogP contribution in [0.2, 0.25) is 0 Å². The number of amides is 1. The number of nitrogens with zero attached hydrogens (tertiary/aromatic N) is 2. The van der Waals surface area contributed by atoms with Gasteiger partial charge in [-0.1, -0.05) is 0 Å². The van der Waals surface area contributed by atoms with E-state index < -0.39 is 17.2 Å². The zero-order valence-corrected chi connectivity index (χ0v) is 15.8. The Morgan fingerprint density at radius 1 is 1.36 bits per heavy atom. The molecule has 1 saturated heterocycles. The van der Waals surface area contributed by atoms with Crippen molar-refractivity contribution in [3.05, 3.63) is 41.3 Å². The first kappa shape index (κ1) is 18.8. The number of methoxy groups -OCH3 is 1. The van der Waals surface area contributed by atoms with Crippen LogP contribution in [0, 0.1) is 11.2 Å². The maximum atomic E-state index is 13.9. The number of benzene rings is 1. The van der Waals surface area contributed by atoms with E-state index in [4.69, 9.17) is 4.74 Å². The molecule has 2 heterocycles. The second-order valence-electron chi connectivity index (χ2n) is 7.88. The second kappa shape index (κ2) is 7.13. The van der Waals surface area contributed by atoms with E-state index in [1.54, 1.807) is 17.0 Å². The van der Waals surface area contributed by atoms with Gasteiger partial charge in [-0.05, 0) is 49.9 Å². The number of halogens is 1. The Bertz CT molecular complexity index is 939. The van der Waals surface area contributed by atoms with Gasteiger partial charge in [0.1, 0.15) is 11.2 Å². The van der Waals surface area contributed by atoms with Crippen molar-refractivity contribution in [2.45, 2.75) is 31.6 Å². The molecular formula is C21H23FN2O4. The molecule has 0 radical (unpaired) electrons. The van der Waals surface area contributed by atoms with Crippen LogP contribution in [0.5, 0.6) is 0 Å². The van der Waals surface area contributed by atoms with Gasteiger partial charge in [-0.2, -0.15) is 0 Å². The summed E-state index contributed by atoms with van der Waals surface area (Å²) in [5.41, 5.74) is 0.717. The lowest BCUT2D eigenvalue weighted by Gasteiger charge is -2.39. The zero-order valence-electron chi connectivity index (χ0n) is 15.8. The molecule has 0 bridgehead atoms. The molecular weight excluding hydrogens is 363 g/mol. The van der Waals surface area contributed by atoms with Crippen LogP contribution in [-0.2, 0) is 9.53 Å². The number of aromatic nitrogens is 1. The van der Waals surface area contributed by atoms with E-state index in [1.165, 1.54) is 19.2 Å². The first-order valence-corrected chi connectivity index (χ1v) is 9.55. The fraction of sp³-hybridized carbons (Fsp3) is 0.476. The fourth-order valence-electron chi connectivity index (χ4n) is 4.09. The molecule has 1 N–H and O–H groups in total. The number of aliphatic carboxylic acids is 1. The van der Waals surface area contributed by atoms with Crippen LogP contribution in [0.25, 0.3) is 10.9 Å². The molecule has 148 valence electrons. The highest BCUT2D eigenvalue weighted by molar-refractivity contribution is 6.06. The van der Waals surface area contributed by atoms with Crippen LogP contribution < -0.4 is 0 Å². The minimum atomic E-state index is -1.12. The van der Waals surface area contributed by atoms with E-state index >= 15 is 0 Å². The monoisotopic (exact) mass is 386 g/mol. The van der Waals surface area contributed by atoms with Crippen molar-refractivity contribution < 1.29 is 23.8 Å². The molecule has 4 rings (SSSR count). The zero-order chi connectivity index (χ0) is 19.9. The van der Waals surface area contributed by atoms with Crippen LogP contribution in [-0.4, -0.2) is 53.7 Å². The molecule has 1 aliphatic heterocycles. The molecule has 2 fully saturated rings. The van der Waals surface area contributed by atoms with E-state index in [0.29, 0.717) is 41.8 Å². The molecule has 1 aliphatic carbocycles. The number of likely N-dealkylation sites (tertiary alicyclic amines) is 1. The van der Waals surface area contributed by atoms with Crippen LogP contribution in [0.1, 0.15) is 47.7 Å². The van der Waals surface area contributed by atoms with E-state index in [1.807, 2.05) is 0 Å². The maximum absolute atomic E-state index is 13.9. The Balaban J connectivity index is 1.73. The summed E-state index contributed by atoms with van der Waals surface area (Å²) >= 11 is 0. The minimum absolute atomic E-state index is 0.0468. The van der Waals surface area contributed by atoms with Crippen molar-refractivity contribution in [2.75, 3.05) is 26.8 Å². The third-order valence-electron chi connectivity index (χ3n) is 5.75. The molecule has 2 aliphatic rings. The van der Waals surface area contributed by atoms with E-state index in [-0.39, 0.29) is 19.1 Å². The first-order chi connectivity index (χ1) is 13.4. The Morgan fingerprint density at radius 3 is 2.82 bits per heavy atom. The Hall–Kier alpha value is -2.54. The lowest BCUT2D eigenvalue weighted by Crippen LogP contribution is -2.52. The number of carbonyl (C=O) groups is 2. The molecule has 1 aromatic heterocycles. The lowest BCUT2D eigenvalue weighted by atomic mass is 9.80. The van der Waals surface area contributed by atoms with Crippen molar-refractivity contribution in [3.63, 3.8) is 0 Å². The van der Waals surface area contributed by atoms with Gasteiger partial charge in [0.2, 0.25) is 0 Å². The summed E-state index contributed by atoms with van der Waals surface area (Å²) < 4.78 is 19.0. The normalized spacial score (nSPS) is 22.4. The first-order valence-electron chi connectivity index (χ1n) is 9.55. The highest BCUT2D eigenvalue weighted by atomic mass is 19.1. The highest BCUT2D eigenvalue weighted by Crippen LogP contribution is 2.40. The Morgan fingerprint density at radius 2 is 2.14 bits per heavy atom. The number of fused-ring (bicyclic) bond motifs is 1. The molecule has 1 amide bonds. The summed E-state index contributed by atoms with van der Waals surface area (Å²) in [5, 5.41) is 10.2. The van der Waals surface area contributed by atoms with Gasteiger partial charge in [0, 0.05) is 37.2 Å². The fourth-order valence-corrected chi connectivity index (χ4v) is 4.09. The second-order valence-corrected chi connectivity index (χ2v) is 7.88. The number of rotatable bonds is 5. The molecule has 1 saturated carbocycles. The summed E-state index contributed by atoms with van der Waals surface area (Å²) in [6.07, 6.45) is 3.10. The van der Waals surface area contributed by atoms with Crippen LogP contribution in [0.4, 0.5) is 4.39 Å². The molecule has 28 heavy (non-hydrogen) atoms. The number of ether oxygens (including phenoxy) is 1. The Labute approximate surface area is 162 Å². The van der Waals surface area contributed by atoms with E-state index in [0.717, 1.165) is 18.5 Å². The molecule has 2 aromatic rings. The third-order valence-corrected chi connectivity index (χ3v) is 5.75. The largest absolute Gasteiger partial charge is 0.481 e. The van der Waals surface area contributed by atoms with Crippen LogP contribution in [0.3, 0.4) is 0 Å². The summed E-state index contributed by atoms with van der Waals surface area (Å²) in [5.74, 6) is -1.33. The molecule has 1 atom stereocenters. The quantitative estimate of drug-likeness (QED) is 0.854. The van der Waals surface area contributed by atoms with Gasteiger partial charge in [-0.3, -0.25) is 14.6 Å². The van der Waals surface area contributed by atoms with E-state index in [2.05, 4.69) is 4.98 Å². The van der Waals surface area contributed by atoms with Crippen molar-refractivity contribution in [3.8, 4) is 0 Å².